The van der Waals surface area contributed by atoms with Crippen LogP contribution in [0.4, 0.5) is 5.00 Å². The molecule has 0 amide bonds. The van der Waals surface area contributed by atoms with E-state index in [0.29, 0.717) is 0 Å². The van der Waals surface area contributed by atoms with Crippen LogP contribution in [0.15, 0.2) is 34.7 Å². The summed E-state index contributed by atoms with van der Waals surface area (Å²) in [5, 5.41) is 0.803. The van der Waals surface area contributed by atoms with Crippen LogP contribution in [0.3, 0.4) is 0 Å². The van der Waals surface area contributed by atoms with Crippen molar-refractivity contribution in [3.63, 3.8) is 0 Å². The number of aromatic nitrogens is 1. The Kier molecular flexibility index (Phi) is 3.28. The zero-order valence-corrected chi connectivity index (χ0v) is 10.1. The monoisotopic (exact) mass is 236 g/mol. The van der Waals surface area contributed by atoms with Crippen molar-refractivity contribution in [2.45, 2.75) is 11.3 Å². The Morgan fingerprint density at radius 3 is 2.73 bits per heavy atom. The summed E-state index contributed by atoms with van der Waals surface area (Å²) >= 11 is 3.30. The first-order chi connectivity index (χ1) is 7.31. The quantitative estimate of drug-likeness (QED) is 0.829. The molecule has 0 bridgehead atoms. The number of nitrogens with zero attached hydrogens (tertiary/aromatic N) is 1. The number of nitrogens with two attached hydrogens (primary N) is 1. The van der Waals surface area contributed by atoms with Gasteiger partial charge in [-0.1, -0.05) is 60.4 Å². The lowest BCUT2D eigenvalue weighted by atomic mass is 10.2. The van der Waals surface area contributed by atoms with Crippen LogP contribution >= 0.6 is 23.1 Å². The molecular weight excluding hydrogens is 224 g/mol. The van der Waals surface area contributed by atoms with Gasteiger partial charge < -0.3 is 5.73 Å². The molecule has 0 spiro atoms. The Balaban J connectivity index is 2.36. The molecule has 2 rings (SSSR count). The van der Waals surface area contributed by atoms with Crippen LogP contribution in [0.2, 0.25) is 0 Å². The molecule has 2 nitrogen and oxygen atoms in total. The fraction of sp³-hybridized carbons (Fsp3) is 0.182. The van der Waals surface area contributed by atoms with Crippen LogP contribution in [0.25, 0.3) is 11.3 Å². The van der Waals surface area contributed by atoms with E-state index in [1.807, 2.05) is 30.3 Å². The number of nitrogen functional groups attached to an aromatic ring is 1. The molecular formula is C11H12N2S2. The Bertz CT molecular complexity index is 437. The van der Waals surface area contributed by atoms with Crippen LogP contribution in [0.1, 0.15) is 6.92 Å². The average Bonchev–Trinajstić information content (AvgIpc) is 2.61. The predicted octanol–water partition coefficient (Wildman–Crippen LogP) is 3.50. The maximum Gasteiger partial charge on any atom is 0.152 e. The minimum absolute atomic E-state index is 0.803. The van der Waals surface area contributed by atoms with Gasteiger partial charge in [-0.2, -0.15) is 0 Å². The lowest BCUT2D eigenvalue weighted by Crippen LogP contribution is -1.84. The molecule has 2 aromatic rings. The average molecular weight is 236 g/mol. The standard InChI is InChI=1S/C11H12N2S2/c1-2-14-11-13-9(10(12)15-11)8-6-4-3-5-7-8/h3-7H,2,12H2,1H3. The number of hydrogen-bond donors (Lipinski definition) is 1. The molecule has 1 aromatic heterocycles. The molecule has 1 aromatic carbocycles. The van der Waals surface area contributed by atoms with E-state index >= 15 is 0 Å². The van der Waals surface area contributed by atoms with Crippen molar-refractivity contribution >= 4 is 28.1 Å². The van der Waals surface area contributed by atoms with Crippen molar-refractivity contribution in [2.75, 3.05) is 11.5 Å². The molecule has 0 radical (unpaired) electrons. The van der Waals surface area contributed by atoms with Gasteiger partial charge in [0, 0.05) is 5.56 Å². The Morgan fingerprint density at radius 2 is 2.07 bits per heavy atom. The third kappa shape index (κ3) is 2.33. The number of anilines is 1. The second-order valence-corrected chi connectivity index (χ2v) is 5.53. The molecule has 0 atom stereocenters. The third-order valence-corrected chi connectivity index (χ3v) is 3.86. The van der Waals surface area contributed by atoms with Crippen molar-refractivity contribution in [3.8, 4) is 11.3 Å². The summed E-state index contributed by atoms with van der Waals surface area (Å²) in [6.07, 6.45) is 0. The van der Waals surface area contributed by atoms with E-state index in [1.165, 1.54) is 0 Å². The zero-order valence-electron chi connectivity index (χ0n) is 8.43. The van der Waals surface area contributed by atoms with Crippen LogP contribution < -0.4 is 5.73 Å². The van der Waals surface area contributed by atoms with Crippen LogP contribution in [0, 0.1) is 0 Å². The highest BCUT2D eigenvalue weighted by molar-refractivity contribution is 8.01. The SMILES string of the molecule is CCSc1nc(-c2ccccc2)c(N)s1. The lowest BCUT2D eigenvalue weighted by Gasteiger charge is -1.96. The highest BCUT2D eigenvalue weighted by Crippen LogP contribution is 2.34. The molecule has 4 heteroatoms. The van der Waals surface area contributed by atoms with Gasteiger partial charge in [-0.25, -0.2) is 4.98 Å². The maximum absolute atomic E-state index is 5.95. The van der Waals surface area contributed by atoms with Gasteiger partial charge in [0.25, 0.3) is 0 Å². The predicted molar refractivity (Wildman–Crippen MR) is 68.4 cm³/mol. The fourth-order valence-electron chi connectivity index (χ4n) is 1.30. The largest absolute Gasteiger partial charge is 0.389 e. The Hall–Kier alpha value is -1.00. The first-order valence-electron chi connectivity index (χ1n) is 4.75. The zero-order chi connectivity index (χ0) is 10.7. The summed E-state index contributed by atoms with van der Waals surface area (Å²) in [6.45, 7) is 2.12. The van der Waals surface area contributed by atoms with Crippen molar-refractivity contribution in [3.05, 3.63) is 30.3 Å². The normalized spacial score (nSPS) is 10.5. The molecule has 1 heterocycles. The Morgan fingerprint density at radius 1 is 1.33 bits per heavy atom. The smallest absolute Gasteiger partial charge is 0.152 e. The van der Waals surface area contributed by atoms with Crippen LogP contribution in [-0.4, -0.2) is 10.7 Å². The van der Waals surface area contributed by atoms with E-state index in [4.69, 9.17) is 5.73 Å². The van der Waals surface area contributed by atoms with Crippen LogP contribution in [0.5, 0.6) is 0 Å². The summed E-state index contributed by atoms with van der Waals surface area (Å²) in [5.41, 5.74) is 7.95. The molecule has 78 valence electrons. The van der Waals surface area contributed by atoms with Crippen molar-refractivity contribution in [2.24, 2.45) is 0 Å². The minimum atomic E-state index is 0.803. The molecule has 0 aliphatic carbocycles. The summed E-state index contributed by atoms with van der Waals surface area (Å²) < 4.78 is 1.05. The number of hydrogen-bond acceptors (Lipinski definition) is 4. The summed E-state index contributed by atoms with van der Waals surface area (Å²) in [7, 11) is 0. The number of rotatable bonds is 3. The highest BCUT2D eigenvalue weighted by atomic mass is 32.2. The van der Waals surface area contributed by atoms with Crippen molar-refractivity contribution in [1.29, 1.82) is 0 Å². The van der Waals surface area contributed by atoms with Gasteiger partial charge in [-0.05, 0) is 5.75 Å². The van der Waals surface area contributed by atoms with E-state index in [1.54, 1.807) is 23.1 Å². The van der Waals surface area contributed by atoms with Crippen molar-refractivity contribution in [1.82, 2.24) is 4.98 Å². The van der Waals surface area contributed by atoms with E-state index in [2.05, 4.69) is 11.9 Å². The molecule has 15 heavy (non-hydrogen) atoms. The van der Waals surface area contributed by atoms with E-state index in [0.717, 1.165) is 26.4 Å². The van der Waals surface area contributed by atoms with E-state index in [9.17, 15) is 0 Å². The lowest BCUT2D eigenvalue weighted by molar-refractivity contribution is 1.25. The molecule has 0 aliphatic rings. The number of thioether (sulfide) groups is 1. The first kappa shape index (κ1) is 10.5. The molecule has 0 saturated heterocycles. The minimum Gasteiger partial charge on any atom is -0.389 e. The summed E-state index contributed by atoms with van der Waals surface area (Å²) in [5.74, 6) is 1.03. The second-order valence-electron chi connectivity index (χ2n) is 2.99. The maximum atomic E-state index is 5.95. The van der Waals surface area contributed by atoms with Crippen molar-refractivity contribution < 1.29 is 0 Å². The number of thiazole rings is 1. The molecule has 0 unspecified atom stereocenters. The van der Waals surface area contributed by atoms with E-state index in [-0.39, 0.29) is 0 Å². The van der Waals surface area contributed by atoms with Gasteiger partial charge in [-0.3, -0.25) is 0 Å². The number of benzene rings is 1. The highest BCUT2D eigenvalue weighted by Gasteiger charge is 2.09. The van der Waals surface area contributed by atoms with Gasteiger partial charge in [0.2, 0.25) is 0 Å². The van der Waals surface area contributed by atoms with E-state index < -0.39 is 0 Å². The van der Waals surface area contributed by atoms with Crippen LogP contribution in [-0.2, 0) is 0 Å². The summed E-state index contributed by atoms with van der Waals surface area (Å²) in [6, 6.07) is 10.1. The Labute approximate surface area is 97.5 Å². The van der Waals surface area contributed by atoms with Gasteiger partial charge >= 0.3 is 0 Å². The van der Waals surface area contributed by atoms with Gasteiger partial charge in [0.05, 0.1) is 0 Å². The molecule has 2 N–H and O–H groups in total. The third-order valence-electron chi connectivity index (χ3n) is 1.95. The first-order valence-corrected chi connectivity index (χ1v) is 6.56. The molecule has 0 aliphatic heterocycles. The van der Waals surface area contributed by atoms with Gasteiger partial charge in [0.1, 0.15) is 10.7 Å². The fourth-order valence-corrected chi connectivity index (χ4v) is 3.15. The second kappa shape index (κ2) is 4.68. The summed E-state index contributed by atoms with van der Waals surface area (Å²) in [4.78, 5) is 4.53. The van der Waals surface area contributed by atoms with Gasteiger partial charge in [0.15, 0.2) is 4.34 Å². The topological polar surface area (TPSA) is 38.9 Å². The van der Waals surface area contributed by atoms with Gasteiger partial charge in [-0.15, -0.1) is 0 Å². The molecule has 0 fully saturated rings. The molecule has 0 saturated carbocycles.